The molecule has 1 fully saturated rings. The van der Waals surface area contributed by atoms with Gasteiger partial charge in [0.15, 0.2) is 0 Å². The molecule has 1 aliphatic rings. The molecule has 19 heavy (non-hydrogen) atoms. The van der Waals surface area contributed by atoms with Gasteiger partial charge in [0.1, 0.15) is 0 Å². The van der Waals surface area contributed by atoms with Crippen molar-refractivity contribution in [1.29, 1.82) is 0 Å². The molecule has 1 N–H and O–H groups in total. The lowest BCUT2D eigenvalue weighted by atomic mass is 9.92. The van der Waals surface area contributed by atoms with Crippen LogP contribution in [-0.2, 0) is 0 Å². The molecule has 1 aliphatic heterocycles. The number of hydrogen-bond donors (Lipinski definition) is 1. The first-order chi connectivity index (χ1) is 8.99. The molecular formula is C16H27N3. The van der Waals surface area contributed by atoms with Crippen molar-refractivity contribution in [3.05, 3.63) is 23.5 Å². The van der Waals surface area contributed by atoms with Crippen LogP contribution in [0.5, 0.6) is 0 Å². The second kappa shape index (κ2) is 5.49. The summed E-state index contributed by atoms with van der Waals surface area (Å²) in [5, 5.41) is 3.71. The molecule has 0 aromatic carbocycles. The van der Waals surface area contributed by atoms with Crippen LogP contribution in [-0.4, -0.2) is 29.7 Å². The third-order valence-corrected chi connectivity index (χ3v) is 4.48. The topological polar surface area (TPSA) is 28.2 Å². The van der Waals surface area contributed by atoms with E-state index in [9.17, 15) is 0 Å². The molecule has 1 saturated heterocycles. The van der Waals surface area contributed by atoms with Crippen molar-refractivity contribution in [2.75, 3.05) is 18.0 Å². The largest absolute Gasteiger partial charge is 0.364 e. The van der Waals surface area contributed by atoms with Gasteiger partial charge >= 0.3 is 0 Å². The average Bonchev–Trinajstić information content (AvgIpc) is 2.39. The normalized spacial score (nSPS) is 27.6. The summed E-state index contributed by atoms with van der Waals surface area (Å²) < 4.78 is 0. The molecule has 3 heteroatoms. The van der Waals surface area contributed by atoms with Crippen LogP contribution in [0.15, 0.2) is 12.1 Å². The minimum Gasteiger partial charge on any atom is -0.364 e. The van der Waals surface area contributed by atoms with Crippen molar-refractivity contribution in [1.82, 2.24) is 10.3 Å². The van der Waals surface area contributed by atoms with E-state index < -0.39 is 0 Å². The molecule has 0 spiro atoms. The zero-order valence-corrected chi connectivity index (χ0v) is 13.0. The predicted molar refractivity (Wildman–Crippen MR) is 81.8 cm³/mol. The van der Waals surface area contributed by atoms with Crippen molar-refractivity contribution < 1.29 is 0 Å². The summed E-state index contributed by atoms with van der Waals surface area (Å²) in [6, 6.07) is 4.94. The number of piperazine rings is 1. The summed E-state index contributed by atoms with van der Waals surface area (Å²) in [6.45, 7) is 13.2. The molecule has 0 aliphatic carbocycles. The standard InChI is InChI=1S/C16H27N3/c1-6-14-10-17-16(5,7-2)11-19(14)15-9-8-12(3)18-13(15)4/h8-9,14,17H,6-7,10-11H2,1-5H3. The molecule has 2 unspecified atom stereocenters. The third kappa shape index (κ3) is 2.92. The summed E-state index contributed by atoms with van der Waals surface area (Å²) in [5.41, 5.74) is 3.77. The van der Waals surface area contributed by atoms with Crippen LogP contribution >= 0.6 is 0 Å². The molecule has 0 bridgehead atoms. The van der Waals surface area contributed by atoms with Gasteiger partial charge in [0.05, 0.1) is 11.4 Å². The van der Waals surface area contributed by atoms with Crippen LogP contribution in [0.1, 0.15) is 45.0 Å². The molecule has 2 atom stereocenters. The summed E-state index contributed by atoms with van der Waals surface area (Å²) in [4.78, 5) is 7.19. The molecule has 0 radical (unpaired) electrons. The Balaban J connectivity index is 2.32. The van der Waals surface area contributed by atoms with Gasteiger partial charge in [-0.2, -0.15) is 0 Å². The van der Waals surface area contributed by atoms with E-state index in [4.69, 9.17) is 0 Å². The molecule has 1 aromatic rings. The zero-order chi connectivity index (χ0) is 14.0. The van der Waals surface area contributed by atoms with Crippen molar-refractivity contribution in [2.45, 2.75) is 59.0 Å². The van der Waals surface area contributed by atoms with Gasteiger partial charge in [0.2, 0.25) is 0 Å². The number of nitrogens with one attached hydrogen (secondary N) is 1. The molecule has 2 rings (SSSR count). The SMILES string of the molecule is CCC1CNC(C)(CC)CN1c1ccc(C)nc1C. The van der Waals surface area contributed by atoms with Crippen LogP contribution in [0.3, 0.4) is 0 Å². The number of pyridine rings is 1. The third-order valence-electron chi connectivity index (χ3n) is 4.48. The van der Waals surface area contributed by atoms with Crippen molar-refractivity contribution in [3.63, 3.8) is 0 Å². The zero-order valence-electron chi connectivity index (χ0n) is 13.0. The summed E-state index contributed by atoms with van der Waals surface area (Å²) in [5.74, 6) is 0. The van der Waals surface area contributed by atoms with Gasteiger partial charge in [-0.3, -0.25) is 4.98 Å². The van der Waals surface area contributed by atoms with Gasteiger partial charge in [0, 0.05) is 30.4 Å². The molecule has 106 valence electrons. The van der Waals surface area contributed by atoms with E-state index in [2.05, 4.69) is 62.0 Å². The Labute approximate surface area is 117 Å². The predicted octanol–water partition coefficient (Wildman–Crippen LogP) is 3.06. The summed E-state index contributed by atoms with van der Waals surface area (Å²) in [6.07, 6.45) is 2.32. The van der Waals surface area contributed by atoms with Crippen molar-refractivity contribution in [3.8, 4) is 0 Å². The fourth-order valence-electron chi connectivity index (χ4n) is 2.90. The number of aromatic nitrogens is 1. The lowest BCUT2D eigenvalue weighted by Gasteiger charge is -2.47. The lowest BCUT2D eigenvalue weighted by molar-refractivity contribution is 0.276. The highest BCUT2D eigenvalue weighted by molar-refractivity contribution is 5.52. The van der Waals surface area contributed by atoms with Gasteiger partial charge in [-0.1, -0.05) is 13.8 Å². The molecular weight excluding hydrogens is 234 g/mol. The van der Waals surface area contributed by atoms with Crippen molar-refractivity contribution in [2.24, 2.45) is 0 Å². The fourth-order valence-corrected chi connectivity index (χ4v) is 2.90. The summed E-state index contributed by atoms with van der Waals surface area (Å²) in [7, 11) is 0. The van der Waals surface area contributed by atoms with Crippen LogP contribution in [0.25, 0.3) is 0 Å². The number of anilines is 1. The number of nitrogens with zero attached hydrogens (tertiary/aromatic N) is 2. The van der Waals surface area contributed by atoms with Gasteiger partial charge in [-0.05, 0) is 45.7 Å². The maximum Gasteiger partial charge on any atom is 0.0609 e. The number of hydrogen-bond acceptors (Lipinski definition) is 3. The fraction of sp³-hybridized carbons (Fsp3) is 0.688. The molecule has 0 amide bonds. The monoisotopic (exact) mass is 261 g/mol. The second-order valence-corrected chi connectivity index (χ2v) is 6.04. The highest BCUT2D eigenvalue weighted by Gasteiger charge is 2.34. The van der Waals surface area contributed by atoms with Crippen LogP contribution in [0.2, 0.25) is 0 Å². The van der Waals surface area contributed by atoms with Gasteiger partial charge in [0.25, 0.3) is 0 Å². The second-order valence-electron chi connectivity index (χ2n) is 6.04. The minimum atomic E-state index is 0.211. The van der Waals surface area contributed by atoms with E-state index in [1.807, 2.05) is 0 Å². The molecule has 0 saturated carbocycles. The lowest BCUT2D eigenvalue weighted by Crippen LogP contribution is -2.63. The maximum atomic E-state index is 4.63. The first kappa shape index (κ1) is 14.3. The number of aryl methyl sites for hydroxylation is 2. The molecule has 3 nitrogen and oxygen atoms in total. The van der Waals surface area contributed by atoms with E-state index >= 15 is 0 Å². The Morgan fingerprint density at radius 2 is 2.11 bits per heavy atom. The smallest absolute Gasteiger partial charge is 0.0609 e. The maximum absolute atomic E-state index is 4.63. The highest BCUT2D eigenvalue weighted by atomic mass is 15.3. The van der Waals surface area contributed by atoms with E-state index in [-0.39, 0.29) is 5.54 Å². The Morgan fingerprint density at radius 1 is 1.37 bits per heavy atom. The van der Waals surface area contributed by atoms with Gasteiger partial charge in [-0.15, -0.1) is 0 Å². The highest BCUT2D eigenvalue weighted by Crippen LogP contribution is 2.28. The first-order valence-electron chi connectivity index (χ1n) is 7.45. The Kier molecular flexibility index (Phi) is 4.14. The van der Waals surface area contributed by atoms with Gasteiger partial charge < -0.3 is 10.2 Å². The minimum absolute atomic E-state index is 0.211. The van der Waals surface area contributed by atoms with Crippen LogP contribution < -0.4 is 10.2 Å². The summed E-state index contributed by atoms with van der Waals surface area (Å²) >= 11 is 0. The van der Waals surface area contributed by atoms with Crippen LogP contribution in [0.4, 0.5) is 5.69 Å². The van der Waals surface area contributed by atoms with E-state index in [1.54, 1.807) is 0 Å². The number of rotatable bonds is 3. The first-order valence-corrected chi connectivity index (χ1v) is 7.45. The van der Waals surface area contributed by atoms with E-state index in [0.29, 0.717) is 6.04 Å². The van der Waals surface area contributed by atoms with Crippen LogP contribution in [0, 0.1) is 13.8 Å². The molecule has 1 aromatic heterocycles. The Bertz CT molecular complexity index is 444. The Hall–Kier alpha value is -1.09. The van der Waals surface area contributed by atoms with E-state index in [1.165, 1.54) is 12.1 Å². The van der Waals surface area contributed by atoms with E-state index in [0.717, 1.165) is 30.9 Å². The quantitative estimate of drug-likeness (QED) is 0.906. The average molecular weight is 261 g/mol. The van der Waals surface area contributed by atoms with Gasteiger partial charge in [-0.25, -0.2) is 0 Å². The Morgan fingerprint density at radius 3 is 2.68 bits per heavy atom. The molecule has 2 heterocycles. The van der Waals surface area contributed by atoms with Crippen molar-refractivity contribution >= 4 is 5.69 Å².